The molecule has 0 aliphatic heterocycles. The summed E-state index contributed by atoms with van der Waals surface area (Å²) in [6, 6.07) is 6.60. The molecule has 112 valence electrons. The molecule has 0 aliphatic carbocycles. The average Bonchev–Trinajstić information content (AvgIpc) is 2.44. The van der Waals surface area contributed by atoms with E-state index in [0.29, 0.717) is 6.54 Å². The molecular formula is C14H22N2O4. The van der Waals surface area contributed by atoms with Crippen LogP contribution in [0.3, 0.4) is 0 Å². The maximum Gasteiger partial charge on any atom is 0.269 e. The average molecular weight is 282 g/mol. The van der Waals surface area contributed by atoms with Gasteiger partial charge in [0.05, 0.1) is 17.6 Å². The van der Waals surface area contributed by atoms with Crippen molar-refractivity contribution >= 4 is 5.69 Å². The Hall–Kier alpha value is -1.50. The van der Waals surface area contributed by atoms with Gasteiger partial charge >= 0.3 is 0 Å². The highest BCUT2D eigenvalue weighted by Gasteiger charge is 2.15. The standard InChI is InChI=1S/C14H22N2O4/c1-3-5-14(15-9-13(17)10-20-2)11-6-4-7-12(8-11)16(18)19/h4,6-8,13-15,17H,3,5,9-10H2,1-2H3. The van der Waals surface area contributed by atoms with Crippen molar-refractivity contribution in [1.29, 1.82) is 0 Å². The highest BCUT2D eigenvalue weighted by molar-refractivity contribution is 5.35. The van der Waals surface area contributed by atoms with E-state index in [2.05, 4.69) is 12.2 Å². The molecule has 1 aromatic carbocycles. The van der Waals surface area contributed by atoms with Crippen LogP contribution < -0.4 is 5.32 Å². The first-order valence-corrected chi connectivity index (χ1v) is 6.73. The molecule has 0 saturated heterocycles. The topological polar surface area (TPSA) is 84.6 Å². The Bertz CT molecular complexity index is 425. The van der Waals surface area contributed by atoms with Crippen LogP contribution in [0.5, 0.6) is 0 Å². The molecule has 0 heterocycles. The van der Waals surface area contributed by atoms with Gasteiger partial charge in [0.2, 0.25) is 0 Å². The van der Waals surface area contributed by atoms with E-state index in [1.54, 1.807) is 12.1 Å². The predicted molar refractivity (Wildman–Crippen MR) is 76.6 cm³/mol. The molecule has 0 bridgehead atoms. The van der Waals surface area contributed by atoms with E-state index in [-0.39, 0.29) is 18.3 Å². The van der Waals surface area contributed by atoms with Crippen molar-refractivity contribution in [3.8, 4) is 0 Å². The minimum absolute atomic E-state index is 0.00796. The zero-order valence-electron chi connectivity index (χ0n) is 11.9. The Kier molecular flexibility index (Phi) is 7.14. The number of benzene rings is 1. The van der Waals surface area contributed by atoms with Crippen molar-refractivity contribution < 1.29 is 14.8 Å². The van der Waals surface area contributed by atoms with E-state index in [9.17, 15) is 15.2 Å². The van der Waals surface area contributed by atoms with Crippen molar-refractivity contribution in [2.45, 2.75) is 31.9 Å². The highest BCUT2D eigenvalue weighted by Crippen LogP contribution is 2.22. The van der Waals surface area contributed by atoms with Crippen LogP contribution in [0.4, 0.5) is 5.69 Å². The van der Waals surface area contributed by atoms with Gasteiger partial charge in [-0.25, -0.2) is 0 Å². The number of non-ortho nitro benzene ring substituents is 1. The number of nitrogens with one attached hydrogen (secondary N) is 1. The first-order valence-electron chi connectivity index (χ1n) is 6.73. The van der Waals surface area contributed by atoms with Gasteiger partial charge < -0.3 is 15.2 Å². The number of methoxy groups -OCH3 is 1. The molecule has 20 heavy (non-hydrogen) atoms. The number of hydrogen-bond acceptors (Lipinski definition) is 5. The summed E-state index contributed by atoms with van der Waals surface area (Å²) in [5.41, 5.74) is 0.952. The molecule has 2 N–H and O–H groups in total. The molecule has 0 amide bonds. The molecule has 2 atom stereocenters. The summed E-state index contributed by atoms with van der Waals surface area (Å²) < 4.78 is 4.87. The second-order valence-electron chi connectivity index (χ2n) is 4.71. The van der Waals surface area contributed by atoms with Crippen LogP contribution in [0.25, 0.3) is 0 Å². The van der Waals surface area contributed by atoms with Crippen LogP contribution >= 0.6 is 0 Å². The number of nitrogens with zero attached hydrogens (tertiary/aromatic N) is 1. The molecule has 1 rings (SSSR count). The minimum Gasteiger partial charge on any atom is -0.389 e. The van der Waals surface area contributed by atoms with Gasteiger partial charge in [0, 0.05) is 31.8 Å². The summed E-state index contributed by atoms with van der Waals surface area (Å²) in [5, 5.41) is 23.7. The molecule has 1 aromatic rings. The molecule has 0 radical (unpaired) electrons. The monoisotopic (exact) mass is 282 g/mol. The van der Waals surface area contributed by atoms with Crippen LogP contribution in [-0.2, 0) is 4.74 Å². The second-order valence-corrected chi connectivity index (χ2v) is 4.71. The maximum atomic E-state index is 10.8. The van der Waals surface area contributed by atoms with Gasteiger partial charge in [-0.3, -0.25) is 10.1 Å². The molecule has 6 heteroatoms. The van der Waals surface area contributed by atoms with Crippen molar-refractivity contribution in [3.63, 3.8) is 0 Å². The fraction of sp³-hybridized carbons (Fsp3) is 0.571. The van der Waals surface area contributed by atoms with Crippen LogP contribution in [0.15, 0.2) is 24.3 Å². The van der Waals surface area contributed by atoms with E-state index >= 15 is 0 Å². The Morgan fingerprint density at radius 1 is 1.50 bits per heavy atom. The molecule has 2 unspecified atom stereocenters. The Balaban J connectivity index is 2.74. The molecule has 0 aromatic heterocycles. The number of aliphatic hydroxyl groups is 1. The van der Waals surface area contributed by atoms with E-state index in [1.165, 1.54) is 13.2 Å². The number of ether oxygens (including phenoxy) is 1. The summed E-state index contributed by atoms with van der Waals surface area (Å²) in [5.74, 6) is 0. The van der Waals surface area contributed by atoms with Crippen LogP contribution in [-0.4, -0.2) is 36.4 Å². The summed E-state index contributed by atoms with van der Waals surface area (Å²) in [7, 11) is 1.54. The summed E-state index contributed by atoms with van der Waals surface area (Å²) >= 11 is 0. The zero-order valence-corrected chi connectivity index (χ0v) is 11.9. The third-order valence-corrected chi connectivity index (χ3v) is 3.02. The molecule has 0 aliphatic rings. The molecule has 0 fully saturated rings. The van der Waals surface area contributed by atoms with Crippen molar-refractivity contribution in [1.82, 2.24) is 5.32 Å². The lowest BCUT2D eigenvalue weighted by Gasteiger charge is -2.20. The predicted octanol–water partition coefficient (Wildman–Crippen LogP) is 2.03. The van der Waals surface area contributed by atoms with Crippen molar-refractivity contribution in [2.24, 2.45) is 0 Å². The summed E-state index contributed by atoms with van der Waals surface area (Å²) in [4.78, 5) is 10.4. The van der Waals surface area contributed by atoms with Gasteiger partial charge in [0.25, 0.3) is 5.69 Å². The SMILES string of the molecule is CCCC(NCC(O)COC)c1cccc([N+](=O)[O-])c1. The van der Waals surface area contributed by atoms with Crippen LogP contribution in [0, 0.1) is 10.1 Å². The van der Waals surface area contributed by atoms with Gasteiger partial charge in [-0.15, -0.1) is 0 Å². The lowest BCUT2D eigenvalue weighted by molar-refractivity contribution is -0.384. The first-order chi connectivity index (χ1) is 9.58. The fourth-order valence-electron chi connectivity index (χ4n) is 2.06. The highest BCUT2D eigenvalue weighted by atomic mass is 16.6. The van der Waals surface area contributed by atoms with E-state index in [0.717, 1.165) is 18.4 Å². The molecular weight excluding hydrogens is 260 g/mol. The minimum atomic E-state index is -0.585. The van der Waals surface area contributed by atoms with E-state index in [1.807, 2.05) is 6.07 Å². The quantitative estimate of drug-likeness (QED) is 0.535. The number of nitro benzene ring substituents is 1. The van der Waals surface area contributed by atoms with Gasteiger partial charge in [0.1, 0.15) is 0 Å². The Morgan fingerprint density at radius 2 is 2.25 bits per heavy atom. The largest absolute Gasteiger partial charge is 0.389 e. The Labute approximate surface area is 118 Å². The maximum absolute atomic E-state index is 10.8. The fourth-order valence-corrected chi connectivity index (χ4v) is 2.06. The number of hydrogen-bond donors (Lipinski definition) is 2. The Morgan fingerprint density at radius 3 is 2.85 bits per heavy atom. The lowest BCUT2D eigenvalue weighted by Crippen LogP contribution is -2.32. The lowest BCUT2D eigenvalue weighted by atomic mass is 10.0. The number of nitro groups is 1. The normalized spacial score (nSPS) is 13.9. The van der Waals surface area contributed by atoms with Gasteiger partial charge in [-0.05, 0) is 12.0 Å². The van der Waals surface area contributed by atoms with Crippen molar-refractivity contribution in [3.05, 3.63) is 39.9 Å². The summed E-state index contributed by atoms with van der Waals surface area (Å²) in [6.07, 6.45) is 1.21. The third-order valence-electron chi connectivity index (χ3n) is 3.02. The van der Waals surface area contributed by atoms with E-state index < -0.39 is 11.0 Å². The van der Waals surface area contributed by atoms with Gasteiger partial charge in [0.15, 0.2) is 0 Å². The number of aliphatic hydroxyl groups excluding tert-OH is 1. The zero-order chi connectivity index (χ0) is 15.0. The first kappa shape index (κ1) is 16.6. The molecule has 6 nitrogen and oxygen atoms in total. The van der Waals surface area contributed by atoms with Crippen molar-refractivity contribution in [2.75, 3.05) is 20.3 Å². The van der Waals surface area contributed by atoms with Gasteiger partial charge in [-0.2, -0.15) is 0 Å². The second kappa shape index (κ2) is 8.63. The number of rotatable bonds is 9. The summed E-state index contributed by atoms with van der Waals surface area (Å²) in [6.45, 7) is 2.71. The van der Waals surface area contributed by atoms with Gasteiger partial charge in [-0.1, -0.05) is 25.5 Å². The van der Waals surface area contributed by atoms with Crippen LogP contribution in [0.2, 0.25) is 0 Å². The molecule has 0 spiro atoms. The third kappa shape index (κ3) is 5.24. The van der Waals surface area contributed by atoms with Crippen LogP contribution in [0.1, 0.15) is 31.4 Å². The molecule has 0 saturated carbocycles. The smallest absolute Gasteiger partial charge is 0.269 e. The van der Waals surface area contributed by atoms with E-state index in [4.69, 9.17) is 4.74 Å².